The van der Waals surface area contributed by atoms with Crippen LogP contribution in [0.15, 0.2) is 47.4 Å². The molecule has 36 heavy (non-hydrogen) atoms. The SMILES string of the molecule is CCN(CC)CCCC(C)Nc1ccc(S(=O)(=O)Oc2ccc3nc(NC(=O)C4CC4)[nH]c3c2)cc1. The number of nitrogens with one attached hydrogen (secondary N) is 3. The first-order chi connectivity index (χ1) is 17.3. The topological polar surface area (TPSA) is 116 Å². The van der Waals surface area contributed by atoms with E-state index >= 15 is 0 Å². The van der Waals surface area contributed by atoms with Crippen LogP contribution in [-0.4, -0.2) is 54.9 Å². The second kappa shape index (κ2) is 11.3. The number of nitrogens with zero attached hydrogens (tertiary/aromatic N) is 2. The van der Waals surface area contributed by atoms with Crippen molar-refractivity contribution < 1.29 is 17.4 Å². The Kier molecular flexibility index (Phi) is 8.15. The fourth-order valence-electron chi connectivity index (χ4n) is 4.07. The molecule has 1 aliphatic rings. The minimum atomic E-state index is -4.01. The van der Waals surface area contributed by atoms with E-state index in [2.05, 4.69) is 46.3 Å². The van der Waals surface area contributed by atoms with Crippen LogP contribution in [0.1, 0.15) is 46.5 Å². The molecule has 10 heteroatoms. The number of carbonyl (C=O) groups is 1. The Morgan fingerprint density at radius 1 is 1.17 bits per heavy atom. The van der Waals surface area contributed by atoms with Gasteiger partial charge >= 0.3 is 10.1 Å². The van der Waals surface area contributed by atoms with Gasteiger partial charge in [0.15, 0.2) is 0 Å². The number of amides is 1. The molecule has 1 unspecified atom stereocenters. The summed E-state index contributed by atoms with van der Waals surface area (Å²) in [6.07, 6.45) is 3.93. The molecule has 194 valence electrons. The Hall–Kier alpha value is -3.11. The molecule has 1 heterocycles. The number of H-pyrrole nitrogens is 1. The number of rotatable bonds is 13. The van der Waals surface area contributed by atoms with Crippen LogP contribution in [0.4, 0.5) is 11.6 Å². The molecule has 0 bridgehead atoms. The predicted molar refractivity (Wildman–Crippen MR) is 142 cm³/mol. The van der Waals surface area contributed by atoms with Crippen LogP contribution in [0, 0.1) is 5.92 Å². The highest BCUT2D eigenvalue weighted by molar-refractivity contribution is 7.87. The van der Waals surface area contributed by atoms with E-state index < -0.39 is 10.1 Å². The third kappa shape index (κ3) is 6.76. The smallest absolute Gasteiger partial charge is 0.339 e. The quantitative estimate of drug-likeness (QED) is 0.286. The molecule has 1 aromatic heterocycles. The van der Waals surface area contributed by atoms with Gasteiger partial charge in [0.2, 0.25) is 11.9 Å². The first kappa shape index (κ1) is 26.0. The van der Waals surface area contributed by atoms with E-state index in [-0.39, 0.29) is 28.5 Å². The van der Waals surface area contributed by atoms with Crippen molar-refractivity contribution in [3.63, 3.8) is 0 Å². The highest BCUT2D eigenvalue weighted by atomic mass is 32.2. The van der Waals surface area contributed by atoms with Crippen molar-refractivity contribution in [1.82, 2.24) is 14.9 Å². The average molecular weight is 514 g/mol. The minimum Gasteiger partial charge on any atom is -0.383 e. The Balaban J connectivity index is 1.34. The van der Waals surface area contributed by atoms with Gasteiger partial charge in [0.25, 0.3) is 0 Å². The highest BCUT2D eigenvalue weighted by Crippen LogP contribution is 2.30. The van der Waals surface area contributed by atoms with Gasteiger partial charge in [0.05, 0.1) is 11.0 Å². The number of imidazole rings is 1. The molecule has 1 atom stereocenters. The standard InChI is InChI=1S/C26H35N5O4S/c1-4-31(5-2)16-6-7-18(3)27-20-10-13-22(14-11-20)36(33,34)35-21-12-15-23-24(17-21)29-26(28-23)30-25(32)19-8-9-19/h10-15,17-19,27H,4-9,16H2,1-3H3,(H2,28,29,30,32). The fraction of sp³-hybridized carbons (Fsp3) is 0.462. The molecule has 1 aliphatic carbocycles. The van der Waals surface area contributed by atoms with E-state index in [9.17, 15) is 13.2 Å². The lowest BCUT2D eigenvalue weighted by Crippen LogP contribution is -2.25. The molecule has 9 nitrogen and oxygen atoms in total. The number of hydrogen-bond donors (Lipinski definition) is 3. The van der Waals surface area contributed by atoms with Crippen molar-refractivity contribution in [2.24, 2.45) is 5.92 Å². The van der Waals surface area contributed by atoms with Crippen molar-refractivity contribution in [3.8, 4) is 5.75 Å². The Labute approximate surface area is 212 Å². The molecule has 0 aliphatic heterocycles. The lowest BCUT2D eigenvalue weighted by molar-refractivity contribution is -0.117. The summed E-state index contributed by atoms with van der Waals surface area (Å²) in [5.74, 6) is 0.507. The van der Waals surface area contributed by atoms with E-state index in [0.29, 0.717) is 17.0 Å². The molecule has 4 rings (SSSR count). The van der Waals surface area contributed by atoms with Crippen molar-refractivity contribution in [1.29, 1.82) is 0 Å². The van der Waals surface area contributed by atoms with Gasteiger partial charge in [-0.25, -0.2) is 4.98 Å². The van der Waals surface area contributed by atoms with Gasteiger partial charge in [0.1, 0.15) is 10.6 Å². The van der Waals surface area contributed by atoms with Crippen LogP contribution >= 0.6 is 0 Å². The monoisotopic (exact) mass is 513 g/mol. The highest BCUT2D eigenvalue weighted by Gasteiger charge is 2.30. The second-order valence-corrected chi connectivity index (χ2v) is 10.9. The zero-order chi connectivity index (χ0) is 25.7. The molecule has 1 amide bonds. The number of aromatic amines is 1. The lowest BCUT2D eigenvalue weighted by Gasteiger charge is -2.20. The summed E-state index contributed by atoms with van der Waals surface area (Å²) in [4.78, 5) is 21.8. The largest absolute Gasteiger partial charge is 0.383 e. The van der Waals surface area contributed by atoms with Crippen LogP contribution in [0.2, 0.25) is 0 Å². The lowest BCUT2D eigenvalue weighted by atomic mass is 10.1. The van der Waals surface area contributed by atoms with Crippen LogP contribution in [-0.2, 0) is 14.9 Å². The average Bonchev–Trinajstić information content (AvgIpc) is 3.63. The van der Waals surface area contributed by atoms with E-state index in [1.54, 1.807) is 42.5 Å². The zero-order valence-electron chi connectivity index (χ0n) is 21.1. The van der Waals surface area contributed by atoms with Gasteiger partial charge in [-0.15, -0.1) is 0 Å². The maximum atomic E-state index is 12.8. The molecular formula is C26H35N5O4S. The van der Waals surface area contributed by atoms with Crippen molar-refractivity contribution >= 4 is 38.7 Å². The number of benzene rings is 2. The predicted octanol–water partition coefficient (Wildman–Crippen LogP) is 4.60. The number of hydrogen-bond acceptors (Lipinski definition) is 7. The molecule has 3 aromatic rings. The third-order valence-electron chi connectivity index (χ3n) is 6.41. The molecular weight excluding hydrogens is 478 g/mol. The van der Waals surface area contributed by atoms with Gasteiger partial charge in [-0.1, -0.05) is 13.8 Å². The Morgan fingerprint density at radius 2 is 1.89 bits per heavy atom. The van der Waals surface area contributed by atoms with Crippen LogP contribution in [0.5, 0.6) is 5.75 Å². The molecule has 3 N–H and O–H groups in total. The fourth-order valence-corrected chi connectivity index (χ4v) is 5.00. The minimum absolute atomic E-state index is 0.0555. The van der Waals surface area contributed by atoms with Gasteiger partial charge < -0.3 is 19.4 Å². The summed E-state index contributed by atoms with van der Waals surface area (Å²) in [6, 6.07) is 11.6. The Bertz CT molecular complexity index is 1280. The summed E-state index contributed by atoms with van der Waals surface area (Å²) in [5, 5.41) is 6.19. The summed E-state index contributed by atoms with van der Waals surface area (Å²) in [7, 11) is -4.01. The maximum absolute atomic E-state index is 12.8. The molecule has 1 fully saturated rings. The van der Waals surface area contributed by atoms with Gasteiger partial charge in [-0.3, -0.25) is 10.1 Å². The molecule has 1 saturated carbocycles. The van der Waals surface area contributed by atoms with E-state index in [0.717, 1.165) is 51.0 Å². The number of fused-ring (bicyclic) bond motifs is 1. The van der Waals surface area contributed by atoms with Crippen molar-refractivity contribution in [2.45, 2.75) is 57.4 Å². The zero-order valence-corrected chi connectivity index (χ0v) is 21.9. The van der Waals surface area contributed by atoms with Gasteiger partial charge in [-0.2, -0.15) is 8.42 Å². The second-order valence-electron chi connectivity index (χ2n) is 9.30. The molecule has 2 aromatic carbocycles. The molecule has 0 radical (unpaired) electrons. The summed E-state index contributed by atoms with van der Waals surface area (Å²) >= 11 is 0. The van der Waals surface area contributed by atoms with E-state index in [4.69, 9.17) is 4.18 Å². The van der Waals surface area contributed by atoms with Gasteiger partial charge in [0, 0.05) is 23.7 Å². The summed E-state index contributed by atoms with van der Waals surface area (Å²) in [5.41, 5.74) is 2.04. The number of anilines is 2. The Morgan fingerprint density at radius 3 is 2.56 bits per heavy atom. The van der Waals surface area contributed by atoms with E-state index in [1.807, 2.05) is 0 Å². The molecule has 0 spiro atoms. The van der Waals surface area contributed by atoms with Crippen LogP contribution in [0.3, 0.4) is 0 Å². The summed E-state index contributed by atoms with van der Waals surface area (Å²) in [6.45, 7) is 9.68. The number of carbonyl (C=O) groups excluding carboxylic acids is 1. The molecule has 0 saturated heterocycles. The maximum Gasteiger partial charge on any atom is 0.339 e. The van der Waals surface area contributed by atoms with Crippen molar-refractivity contribution in [2.75, 3.05) is 30.3 Å². The third-order valence-corrected chi connectivity index (χ3v) is 7.67. The first-order valence-electron chi connectivity index (χ1n) is 12.6. The van der Waals surface area contributed by atoms with E-state index in [1.165, 1.54) is 0 Å². The first-order valence-corrected chi connectivity index (χ1v) is 14.0. The van der Waals surface area contributed by atoms with Gasteiger partial charge in [-0.05, 0) is 88.6 Å². The van der Waals surface area contributed by atoms with Crippen LogP contribution in [0.25, 0.3) is 11.0 Å². The van der Waals surface area contributed by atoms with Crippen LogP contribution < -0.4 is 14.8 Å². The normalized spacial score (nSPS) is 14.7. The number of aromatic nitrogens is 2. The summed E-state index contributed by atoms with van der Waals surface area (Å²) < 4.78 is 31.0. The van der Waals surface area contributed by atoms with Crippen molar-refractivity contribution in [3.05, 3.63) is 42.5 Å².